The summed E-state index contributed by atoms with van der Waals surface area (Å²) in [6.45, 7) is 3.30. The number of halogens is 1. The maximum absolute atomic E-state index is 13.3. The van der Waals surface area contributed by atoms with Gasteiger partial charge < -0.3 is 15.0 Å². The van der Waals surface area contributed by atoms with Crippen LogP contribution in [0.2, 0.25) is 0 Å². The largest absolute Gasteiger partial charge is 0.376 e. The molecule has 0 unspecified atom stereocenters. The van der Waals surface area contributed by atoms with Crippen LogP contribution in [0, 0.1) is 5.82 Å². The molecule has 2 amide bonds. The van der Waals surface area contributed by atoms with E-state index in [0.717, 1.165) is 24.0 Å². The summed E-state index contributed by atoms with van der Waals surface area (Å²) in [4.78, 5) is 27.9. The molecule has 1 N–H and O–H groups in total. The number of carbonyl (C=O) groups is 2. The van der Waals surface area contributed by atoms with Crippen LogP contribution in [0.1, 0.15) is 49.8 Å². The first-order valence-electron chi connectivity index (χ1n) is 10.6. The summed E-state index contributed by atoms with van der Waals surface area (Å²) in [6.07, 6.45) is 2.95. The van der Waals surface area contributed by atoms with Crippen molar-refractivity contribution in [3.8, 4) is 0 Å². The van der Waals surface area contributed by atoms with E-state index in [2.05, 4.69) is 5.32 Å². The molecule has 30 heavy (non-hydrogen) atoms. The molecule has 1 aliphatic rings. The Labute approximate surface area is 177 Å². The smallest absolute Gasteiger partial charge is 0.247 e. The number of amides is 2. The van der Waals surface area contributed by atoms with E-state index in [1.807, 2.05) is 37.3 Å². The molecule has 6 heteroatoms. The summed E-state index contributed by atoms with van der Waals surface area (Å²) >= 11 is 0. The third-order valence-corrected chi connectivity index (χ3v) is 5.25. The molecular formula is C24H29FN2O3. The fourth-order valence-corrected chi connectivity index (χ4v) is 3.69. The third kappa shape index (κ3) is 5.89. The Morgan fingerprint density at radius 3 is 2.53 bits per heavy atom. The Bertz CT molecular complexity index is 820. The molecule has 1 fully saturated rings. The minimum Gasteiger partial charge on any atom is -0.376 e. The summed E-state index contributed by atoms with van der Waals surface area (Å²) in [7, 11) is 0. The van der Waals surface area contributed by atoms with Gasteiger partial charge >= 0.3 is 0 Å². The van der Waals surface area contributed by atoms with Gasteiger partial charge in [0.05, 0.1) is 6.10 Å². The first-order chi connectivity index (χ1) is 14.6. The van der Waals surface area contributed by atoms with Crippen LogP contribution in [-0.2, 0) is 20.9 Å². The number of hydrogen-bond acceptors (Lipinski definition) is 3. The van der Waals surface area contributed by atoms with Gasteiger partial charge in [-0.05, 0) is 42.5 Å². The Hall–Kier alpha value is -2.73. The molecule has 3 rings (SSSR count). The van der Waals surface area contributed by atoms with E-state index in [1.165, 1.54) is 12.1 Å². The molecule has 0 bridgehead atoms. The predicted octanol–water partition coefficient (Wildman–Crippen LogP) is 3.99. The molecular weight excluding hydrogens is 383 g/mol. The van der Waals surface area contributed by atoms with Crippen LogP contribution < -0.4 is 5.32 Å². The molecule has 5 nitrogen and oxygen atoms in total. The summed E-state index contributed by atoms with van der Waals surface area (Å²) < 4.78 is 19.0. The topological polar surface area (TPSA) is 58.6 Å². The zero-order valence-electron chi connectivity index (χ0n) is 17.4. The lowest BCUT2D eigenvalue weighted by molar-refractivity contribution is -0.141. The van der Waals surface area contributed by atoms with E-state index in [4.69, 9.17) is 4.74 Å². The molecule has 160 valence electrons. The van der Waals surface area contributed by atoms with Crippen LogP contribution in [-0.4, -0.2) is 36.0 Å². The van der Waals surface area contributed by atoms with Crippen molar-refractivity contribution < 1.29 is 18.7 Å². The average Bonchev–Trinajstić information content (AvgIpc) is 3.28. The van der Waals surface area contributed by atoms with Crippen molar-refractivity contribution in [3.63, 3.8) is 0 Å². The van der Waals surface area contributed by atoms with Crippen LogP contribution in [0.4, 0.5) is 4.39 Å². The van der Waals surface area contributed by atoms with Gasteiger partial charge in [0.1, 0.15) is 11.9 Å². The molecule has 1 saturated heterocycles. The molecule has 2 atom stereocenters. The molecule has 1 heterocycles. The van der Waals surface area contributed by atoms with Crippen molar-refractivity contribution >= 4 is 11.8 Å². The molecule has 2 aromatic rings. The minimum absolute atomic E-state index is 0.0160. The molecule has 0 aliphatic carbocycles. The first kappa shape index (κ1) is 22.0. The molecule has 1 aliphatic heterocycles. The summed E-state index contributed by atoms with van der Waals surface area (Å²) in [5.74, 6) is -0.676. The van der Waals surface area contributed by atoms with Crippen molar-refractivity contribution in [2.24, 2.45) is 0 Å². The molecule has 0 aromatic heterocycles. The fourth-order valence-electron chi connectivity index (χ4n) is 3.69. The van der Waals surface area contributed by atoms with Gasteiger partial charge in [0.2, 0.25) is 11.8 Å². The Kier molecular flexibility index (Phi) is 7.97. The van der Waals surface area contributed by atoms with Crippen molar-refractivity contribution in [2.45, 2.75) is 51.3 Å². The molecule has 2 aromatic carbocycles. The Morgan fingerprint density at radius 1 is 1.17 bits per heavy atom. The third-order valence-electron chi connectivity index (χ3n) is 5.25. The van der Waals surface area contributed by atoms with Crippen LogP contribution in [0.5, 0.6) is 0 Å². The van der Waals surface area contributed by atoms with Crippen LogP contribution in [0.15, 0.2) is 54.6 Å². The summed E-state index contributed by atoms with van der Waals surface area (Å²) in [5, 5.41) is 2.98. The van der Waals surface area contributed by atoms with Crippen LogP contribution in [0.25, 0.3) is 0 Å². The predicted molar refractivity (Wildman–Crippen MR) is 113 cm³/mol. The maximum Gasteiger partial charge on any atom is 0.247 e. The molecule has 0 radical (unpaired) electrons. The standard InChI is InChI=1S/C24H29FN2O3/c1-2-7-22(28)27(17-18-11-13-20(25)14-12-18)23(19-8-4-3-5-9-19)24(29)26-16-21-10-6-15-30-21/h3-5,8-9,11-14,21,23H,2,6-7,10,15-17H2,1H3,(H,26,29)/t21-,23+/m1/s1. The normalized spacial score (nSPS) is 16.8. The van der Waals surface area contributed by atoms with Crippen molar-refractivity contribution in [1.82, 2.24) is 10.2 Å². The highest BCUT2D eigenvalue weighted by Gasteiger charge is 2.31. The zero-order valence-corrected chi connectivity index (χ0v) is 17.4. The van der Waals surface area contributed by atoms with Gasteiger partial charge in [0.15, 0.2) is 0 Å². The quantitative estimate of drug-likeness (QED) is 0.678. The van der Waals surface area contributed by atoms with Crippen molar-refractivity contribution in [1.29, 1.82) is 0 Å². The minimum atomic E-state index is -0.767. The van der Waals surface area contributed by atoms with E-state index < -0.39 is 6.04 Å². The van der Waals surface area contributed by atoms with E-state index in [-0.39, 0.29) is 30.3 Å². The number of benzene rings is 2. The van der Waals surface area contributed by atoms with Gasteiger partial charge in [-0.3, -0.25) is 9.59 Å². The van der Waals surface area contributed by atoms with E-state index >= 15 is 0 Å². The number of nitrogens with zero attached hydrogens (tertiary/aromatic N) is 1. The fraction of sp³-hybridized carbons (Fsp3) is 0.417. The van der Waals surface area contributed by atoms with Gasteiger partial charge in [0, 0.05) is 26.1 Å². The first-order valence-corrected chi connectivity index (χ1v) is 10.6. The Balaban J connectivity index is 1.87. The average molecular weight is 413 g/mol. The van der Waals surface area contributed by atoms with Crippen LogP contribution >= 0.6 is 0 Å². The highest BCUT2D eigenvalue weighted by molar-refractivity contribution is 5.88. The maximum atomic E-state index is 13.3. The second-order valence-corrected chi connectivity index (χ2v) is 7.59. The van der Waals surface area contributed by atoms with E-state index in [1.54, 1.807) is 17.0 Å². The highest BCUT2D eigenvalue weighted by Crippen LogP contribution is 2.25. The highest BCUT2D eigenvalue weighted by atomic mass is 19.1. The zero-order chi connectivity index (χ0) is 21.3. The second kappa shape index (κ2) is 10.9. The second-order valence-electron chi connectivity index (χ2n) is 7.59. The molecule has 0 saturated carbocycles. The van der Waals surface area contributed by atoms with E-state index in [0.29, 0.717) is 26.0 Å². The lowest BCUT2D eigenvalue weighted by Crippen LogP contribution is -2.45. The summed E-state index contributed by atoms with van der Waals surface area (Å²) in [6, 6.07) is 14.6. The number of carbonyl (C=O) groups excluding carboxylic acids is 2. The SMILES string of the molecule is CCCC(=O)N(Cc1ccc(F)cc1)[C@H](C(=O)NC[C@H]1CCCO1)c1ccccc1. The molecule has 0 spiro atoms. The number of nitrogens with one attached hydrogen (secondary N) is 1. The lowest BCUT2D eigenvalue weighted by Gasteiger charge is -2.32. The van der Waals surface area contributed by atoms with Gasteiger partial charge in [-0.2, -0.15) is 0 Å². The van der Waals surface area contributed by atoms with Gasteiger partial charge in [0.25, 0.3) is 0 Å². The van der Waals surface area contributed by atoms with Gasteiger partial charge in [-0.1, -0.05) is 49.4 Å². The van der Waals surface area contributed by atoms with Gasteiger partial charge in [-0.15, -0.1) is 0 Å². The van der Waals surface area contributed by atoms with Crippen LogP contribution in [0.3, 0.4) is 0 Å². The van der Waals surface area contributed by atoms with Gasteiger partial charge in [-0.25, -0.2) is 4.39 Å². The number of rotatable bonds is 9. The van der Waals surface area contributed by atoms with Crippen molar-refractivity contribution in [3.05, 3.63) is 71.5 Å². The monoisotopic (exact) mass is 412 g/mol. The number of hydrogen-bond donors (Lipinski definition) is 1. The van der Waals surface area contributed by atoms with E-state index in [9.17, 15) is 14.0 Å². The van der Waals surface area contributed by atoms with Crippen molar-refractivity contribution in [2.75, 3.05) is 13.2 Å². The lowest BCUT2D eigenvalue weighted by atomic mass is 10.0. The summed E-state index contributed by atoms with van der Waals surface area (Å²) in [5.41, 5.74) is 1.52. The number of ether oxygens (including phenoxy) is 1. The Morgan fingerprint density at radius 2 is 1.90 bits per heavy atom.